The molecule has 0 saturated heterocycles. The Kier molecular flexibility index (Phi) is 4.19. The van der Waals surface area contributed by atoms with Crippen LogP contribution < -0.4 is 10.9 Å². The molecule has 0 saturated carbocycles. The molecule has 0 unspecified atom stereocenters. The molecule has 23 heavy (non-hydrogen) atoms. The molecule has 0 spiro atoms. The summed E-state index contributed by atoms with van der Waals surface area (Å²) in [5, 5.41) is 2.96. The number of aromatic amines is 1. The third kappa shape index (κ3) is 3.63. The first-order chi connectivity index (χ1) is 11.1. The minimum absolute atomic E-state index is 0.243. The third-order valence-corrected chi connectivity index (χ3v) is 3.46. The fraction of sp³-hybridized carbons (Fsp3) is 0.111. The van der Waals surface area contributed by atoms with E-state index >= 15 is 0 Å². The van der Waals surface area contributed by atoms with Crippen molar-refractivity contribution in [2.75, 3.05) is 5.32 Å². The van der Waals surface area contributed by atoms with Crippen LogP contribution in [-0.4, -0.2) is 9.97 Å². The van der Waals surface area contributed by atoms with Crippen molar-refractivity contribution in [3.8, 4) is 11.3 Å². The van der Waals surface area contributed by atoms with Gasteiger partial charge in [0.1, 0.15) is 5.82 Å². The monoisotopic (exact) mass is 309 g/mol. The van der Waals surface area contributed by atoms with Gasteiger partial charge in [0.05, 0.1) is 5.69 Å². The van der Waals surface area contributed by atoms with E-state index in [0.29, 0.717) is 17.2 Å². The van der Waals surface area contributed by atoms with Crippen LogP contribution >= 0.6 is 0 Å². The van der Waals surface area contributed by atoms with Crippen LogP contribution in [0, 0.1) is 12.7 Å². The predicted octanol–water partition coefficient (Wildman–Crippen LogP) is 3.50. The highest BCUT2D eigenvalue weighted by atomic mass is 19.1. The van der Waals surface area contributed by atoms with Gasteiger partial charge in [-0.15, -0.1) is 0 Å². The Bertz CT molecular complexity index is 889. The van der Waals surface area contributed by atoms with Crippen LogP contribution in [0.1, 0.15) is 11.1 Å². The van der Waals surface area contributed by atoms with E-state index in [9.17, 15) is 9.18 Å². The fourth-order valence-corrected chi connectivity index (χ4v) is 2.31. The van der Waals surface area contributed by atoms with Crippen molar-refractivity contribution in [1.29, 1.82) is 0 Å². The maximum absolute atomic E-state index is 13.6. The number of hydrogen-bond acceptors (Lipinski definition) is 3. The lowest BCUT2D eigenvalue weighted by atomic mass is 10.1. The Morgan fingerprint density at radius 3 is 2.74 bits per heavy atom. The zero-order valence-electron chi connectivity index (χ0n) is 12.6. The van der Waals surface area contributed by atoms with Crippen LogP contribution in [0.5, 0.6) is 0 Å². The van der Waals surface area contributed by atoms with Gasteiger partial charge in [0.25, 0.3) is 5.56 Å². The van der Waals surface area contributed by atoms with Gasteiger partial charge in [-0.25, -0.2) is 9.37 Å². The summed E-state index contributed by atoms with van der Waals surface area (Å²) < 4.78 is 13.6. The van der Waals surface area contributed by atoms with Crippen LogP contribution in [0.2, 0.25) is 0 Å². The molecule has 2 N–H and O–H groups in total. The van der Waals surface area contributed by atoms with Gasteiger partial charge in [0, 0.05) is 23.7 Å². The molecule has 0 fully saturated rings. The molecular formula is C18H16FN3O. The standard InChI is InChI=1S/C18H16FN3O/c1-12-5-4-7-13(9-12)16-10-17(23)22-18(21-16)20-11-14-6-2-3-8-15(14)19/h2-10H,11H2,1H3,(H2,20,21,22,23). The van der Waals surface area contributed by atoms with E-state index in [2.05, 4.69) is 15.3 Å². The molecule has 0 bridgehead atoms. The summed E-state index contributed by atoms with van der Waals surface area (Å²) in [5.41, 5.74) is 2.78. The smallest absolute Gasteiger partial charge is 0.252 e. The lowest BCUT2D eigenvalue weighted by Crippen LogP contribution is -2.13. The van der Waals surface area contributed by atoms with Crippen molar-refractivity contribution >= 4 is 5.95 Å². The first-order valence-electron chi connectivity index (χ1n) is 7.27. The number of nitrogens with zero attached hydrogens (tertiary/aromatic N) is 1. The van der Waals surface area contributed by atoms with Crippen molar-refractivity contribution < 1.29 is 4.39 Å². The second-order valence-corrected chi connectivity index (χ2v) is 5.29. The Morgan fingerprint density at radius 2 is 1.96 bits per heavy atom. The molecule has 5 heteroatoms. The van der Waals surface area contributed by atoms with Gasteiger partial charge < -0.3 is 5.32 Å². The quantitative estimate of drug-likeness (QED) is 0.775. The molecule has 116 valence electrons. The van der Waals surface area contributed by atoms with E-state index in [1.54, 1.807) is 18.2 Å². The van der Waals surface area contributed by atoms with Crippen molar-refractivity contribution in [3.05, 3.63) is 81.9 Å². The Morgan fingerprint density at radius 1 is 1.13 bits per heavy atom. The van der Waals surface area contributed by atoms with Gasteiger partial charge in [0.15, 0.2) is 0 Å². The largest absolute Gasteiger partial charge is 0.352 e. The summed E-state index contributed by atoms with van der Waals surface area (Å²) in [6.07, 6.45) is 0. The summed E-state index contributed by atoms with van der Waals surface area (Å²) in [4.78, 5) is 18.9. The van der Waals surface area contributed by atoms with Crippen LogP contribution in [0.25, 0.3) is 11.3 Å². The zero-order chi connectivity index (χ0) is 16.2. The van der Waals surface area contributed by atoms with E-state index in [-0.39, 0.29) is 17.9 Å². The van der Waals surface area contributed by atoms with Crippen molar-refractivity contribution in [2.24, 2.45) is 0 Å². The lowest BCUT2D eigenvalue weighted by Gasteiger charge is -2.08. The average molecular weight is 309 g/mol. The van der Waals surface area contributed by atoms with E-state index in [4.69, 9.17) is 0 Å². The zero-order valence-corrected chi connectivity index (χ0v) is 12.6. The maximum Gasteiger partial charge on any atom is 0.252 e. The van der Waals surface area contributed by atoms with E-state index in [1.807, 2.05) is 31.2 Å². The van der Waals surface area contributed by atoms with Crippen molar-refractivity contribution in [2.45, 2.75) is 13.5 Å². The number of hydrogen-bond donors (Lipinski definition) is 2. The SMILES string of the molecule is Cc1cccc(-c2cc(=O)[nH]c(NCc3ccccc3F)n2)c1. The second-order valence-electron chi connectivity index (χ2n) is 5.29. The summed E-state index contributed by atoms with van der Waals surface area (Å²) >= 11 is 0. The Hall–Kier alpha value is -2.95. The first-order valence-corrected chi connectivity index (χ1v) is 7.27. The molecule has 0 radical (unpaired) electrons. The molecule has 1 aromatic heterocycles. The Balaban J connectivity index is 1.86. The molecule has 0 amide bonds. The number of nitrogens with one attached hydrogen (secondary N) is 2. The molecule has 0 atom stereocenters. The van der Waals surface area contributed by atoms with Crippen LogP contribution in [-0.2, 0) is 6.54 Å². The summed E-state index contributed by atoms with van der Waals surface area (Å²) in [7, 11) is 0. The summed E-state index contributed by atoms with van der Waals surface area (Å²) in [6.45, 7) is 2.22. The minimum atomic E-state index is -0.294. The van der Waals surface area contributed by atoms with Crippen LogP contribution in [0.4, 0.5) is 10.3 Å². The normalized spacial score (nSPS) is 10.5. The number of H-pyrrole nitrogens is 1. The molecule has 0 aliphatic rings. The highest BCUT2D eigenvalue weighted by Gasteiger charge is 2.06. The summed E-state index contributed by atoms with van der Waals surface area (Å²) in [6, 6.07) is 15.7. The molecule has 4 nitrogen and oxygen atoms in total. The van der Waals surface area contributed by atoms with Crippen molar-refractivity contribution in [1.82, 2.24) is 9.97 Å². The number of rotatable bonds is 4. The maximum atomic E-state index is 13.6. The highest BCUT2D eigenvalue weighted by Crippen LogP contribution is 2.18. The number of halogens is 1. The van der Waals surface area contributed by atoms with Crippen LogP contribution in [0.15, 0.2) is 59.4 Å². The molecule has 3 rings (SSSR count). The molecular weight excluding hydrogens is 293 g/mol. The molecule has 0 aliphatic heterocycles. The second kappa shape index (κ2) is 6.44. The topological polar surface area (TPSA) is 57.8 Å². The number of anilines is 1. The first kappa shape index (κ1) is 15.0. The molecule has 3 aromatic rings. The van der Waals surface area contributed by atoms with E-state index in [1.165, 1.54) is 12.1 Å². The van der Waals surface area contributed by atoms with Gasteiger partial charge >= 0.3 is 0 Å². The van der Waals surface area contributed by atoms with Gasteiger partial charge in [-0.1, -0.05) is 42.0 Å². The highest BCUT2D eigenvalue weighted by molar-refractivity contribution is 5.60. The van der Waals surface area contributed by atoms with Gasteiger partial charge in [-0.2, -0.15) is 0 Å². The van der Waals surface area contributed by atoms with Gasteiger partial charge in [-0.05, 0) is 19.1 Å². The van der Waals surface area contributed by atoms with Gasteiger partial charge in [0.2, 0.25) is 5.95 Å². The Labute approximate surface area is 133 Å². The number of aromatic nitrogens is 2. The molecule has 1 heterocycles. The number of aryl methyl sites for hydroxylation is 1. The average Bonchev–Trinajstić information content (AvgIpc) is 2.54. The summed E-state index contributed by atoms with van der Waals surface area (Å²) in [5.74, 6) is 0.0226. The minimum Gasteiger partial charge on any atom is -0.352 e. The number of benzene rings is 2. The van der Waals surface area contributed by atoms with Crippen LogP contribution in [0.3, 0.4) is 0 Å². The van der Waals surface area contributed by atoms with Gasteiger partial charge in [-0.3, -0.25) is 9.78 Å². The fourth-order valence-electron chi connectivity index (χ4n) is 2.31. The predicted molar refractivity (Wildman–Crippen MR) is 88.8 cm³/mol. The van der Waals surface area contributed by atoms with E-state index in [0.717, 1.165) is 11.1 Å². The molecule has 0 aliphatic carbocycles. The third-order valence-electron chi connectivity index (χ3n) is 3.46. The molecule has 2 aromatic carbocycles. The van der Waals surface area contributed by atoms with Crippen molar-refractivity contribution in [3.63, 3.8) is 0 Å². The lowest BCUT2D eigenvalue weighted by molar-refractivity contribution is 0.612. The van der Waals surface area contributed by atoms with E-state index < -0.39 is 0 Å².